The van der Waals surface area contributed by atoms with Gasteiger partial charge in [-0.15, -0.1) is 11.3 Å². The van der Waals surface area contributed by atoms with Gasteiger partial charge in [0.1, 0.15) is 9.09 Å². The van der Waals surface area contributed by atoms with E-state index in [2.05, 4.69) is 23.6 Å². The van der Waals surface area contributed by atoms with E-state index in [0.717, 1.165) is 27.0 Å². The molecule has 2 aromatic heterocycles. The van der Waals surface area contributed by atoms with Crippen LogP contribution in [0.5, 0.6) is 0 Å². The average molecular weight is 411 g/mol. The van der Waals surface area contributed by atoms with Crippen LogP contribution in [0.25, 0.3) is 10.1 Å². The zero-order chi connectivity index (χ0) is 19.2. The number of thiazole rings is 1. The molecule has 9 heteroatoms. The van der Waals surface area contributed by atoms with E-state index in [-0.39, 0.29) is 19.9 Å². The molecule has 138 valence electrons. The number of rotatable bonds is 5. The predicted molar refractivity (Wildman–Crippen MR) is 105 cm³/mol. The van der Waals surface area contributed by atoms with Gasteiger partial charge in [-0.05, 0) is 48.4 Å². The molecule has 0 amide bonds. The number of benzene rings is 1. The number of anilines is 1. The Bertz CT molecular complexity index is 1110. The monoisotopic (exact) mass is 410 g/mol. The molecular formula is C17H18N2O4S3. The van der Waals surface area contributed by atoms with Crippen LogP contribution < -0.4 is 4.72 Å². The van der Waals surface area contributed by atoms with Gasteiger partial charge in [-0.2, -0.15) is 0 Å². The first-order valence-corrected chi connectivity index (χ1v) is 11.0. The Morgan fingerprint density at radius 2 is 1.92 bits per heavy atom. The molecule has 0 unspecified atom stereocenters. The van der Waals surface area contributed by atoms with Gasteiger partial charge in [0.15, 0.2) is 5.13 Å². The zero-order valence-corrected chi connectivity index (χ0v) is 17.1. The number of thiophene rings is 1. The Balaban J connectivity index is 2.03. The minimum absolute atomic E-state index is 0.0253. The molecule has 0 aliphatic rings. The van der Waals surface area contributed by atoms with Crippen molar-refractivity contribution in [1.29, 1.82) is 0 Å². The van der Waals surface area contributed by atoms with Gasteiger partial charge in [0.2, 0.25) is 0 Å². The summed E-state index contributed by atoms with van der Waals surface area (Å²) in [7, 11) is -3.84. The fraction of sp³-hybridized carbons (Fsp3) is 0.294. The van der Waals surface area contributed by atoms with Crippen LogP contribution in [-0.2, 0) is 10.0 Å². The van der Waals surface area contributed by atoms with Gasteiger partial charge in [0.05, 0.1) is 5.69 Å². The number of fused-ring (bicyclic) bond motifs is 1. The van der Waals surface area contributed by atoms with Crippen molar-refractivity contribution in [3.8, 4) is 0 Å². The Labute approximate surface area is 159 Å². The van der Waals surface area contributed by atoms with Crippen LogP contribution in [-0.4, -0.2) is 24.5 Å². The topological polar surface area (TPSA) is 96.4 Å². The largest absolute Gasteiger partial charge is 0.477 e. The molecule has 26 heavy (non-hydrogen) atoms. The third-order valence-electron chi connectivity index (χ3n) is 4.04. The number of sulfonamides is 1. The minimum Gasteiger partial charge on any atom is -0.477 e. The first-order chi connectivity index (χ1) is 12.1. The molecule has 6 nitrogen and oxygen atoms in total. The molecule has 0 aliphatic carbocycles. The minimum atomic E-state index is -3.84. The van der Waals surface area contributed by atoms with E-state index in [9.17, 15) is 13.2 Å². The Hall–Kier alpha value is -1.97. The quantitative estimate of drug-likeness (QED) is 0.641. The van der Waals surface area contributed by atoms with E-state index in [4.69, 9.17) is 5.11 Å². The van der Waals surface area contributed by atoms with Crippen molar-refractivity contribution in [2.24, 2.45) is 0 Å². The summed E-state index contributed by atoms with van der Waals surface area (Å²) < 4.78 is 29.2. The van der Waals surface area contributed by atoms with Crippen LogP contribution in [0.4, 0.5) is 5.13 Å². The summed E-state index contributed by atoms with van der Waals surface area (Å²) in [4.78, 5) is 15.2. The number of aryl methyl sites for hydroxylation is 2. The molecule has 0 atom stereocenters. The maximum atomic E-state index is 12.8. The van der Waals surface area contributed by atoms with Crippen molar-refractivity contribution in [1.82, 2.24) is 4.98 Å². The Morgan fingerprint density at radius 1 is 1.23 bits per heavy atom. The average Bonchev–Trinajstić information content (AvgIpc) is 3.07. The summed E-state index contributed by atoms with van der Waals surface area (Å²) in [5.41, 5.74) is 2.12. The number of nitrogens with zero attached hydrogens (tertiary/aromatic N) is 1. The van der Waals surface area contributed by atoms with Crippen LogP contribution in [0.1, 0.15) is 46.3 Å². The number of carboxylic acid groups (broad SMARTS) is 1. The summed E-state index contributed by atoms with van der Waals surface area (Å²) in [6, 6.07) is 5.98. The van der Waals surface area contributed by atoms with Crippen LogP contribution in [0, 0.1) is 13.8 Å². The lowest BCUT2D eigenvalue weighted by atomic mass is 10.0. The second-order valence-corrected chi connectivity index (χ2v) is 10.2. The lowest BCUT2D eigenvalue weighted by Gasteiger charge is -2.05. The van der Waals surface area contributed by atoms with Crippen molar-refractivity contribution < 1.29 is 18.3 Å². The highest BCUT2D eigenvalue weighted by Crippen LogP contribution is 2.37. The SMILES string of the molecule is Cc1nc(NS(=O)(=O)c2sc3ccc(C(C)C)cc3c2C)sc1C(=O)O. The normalized spacial score (nSPS) is 12.0. The highest BCUT2D eigenvalue weighted by Gasteiger charge is 2.24. The predicted octanol–water partition coefficient (Wildman–Crippen LogP) is 4.60. The van der Waals surface area contributed by atoms with E-state index in [1.54, 1.807) is 6.92 Å². The highest BCUT2D eigenvalue weighted by molar-refractivity contribution is 7.95. The maximum Gasteiger partial charge on any atom is 0.347 e. The Morgan fingerprint density at radius 3 is 2.50 bits per heavy atom. The summed E-state index contributed by atoms with van der Waals surface area (Å²) in [5.74, 6) is -0.769. The number of nitrogens with one attached hydrogen (secondary N) is 1. The standard InChI is InChI=1S/C17H18N2O4S3/c1-8(2)11-5-6-13-12(7-11)9(3)16(24-13)26(22,23)19-17-18-10(4)14(25-17)15(20)21/h5-8H,1-4H3,(H,18,19)(H,20,21). The van der Waals surface area contributed by atoms with Crippen molar-refractivity contribution in [3.63, 3.8) is 0 Å². The van der Waals surface area contributed by atoms with Crippen molar-refractivity contribution in [2.45, 2.75) is 37.8 Å². The molecule has 2 heterocycles. The van der Waals surface area contributed by atoms with Crippen LogP contribution in [0.2, 0.25) is 0 Å². The smallest absolute Gasteiger partial charge is 0.347 e. The summed E-state index contributed by atoms with van der Waals surface area (Å²) >= 11 is 2.01. The summed E-state index contributed by atoms with van der Waals surface area (Å²) in [5, 5.41) is 10.1. The first kappa shape index (κ1) is 18.8. The molecule has 0 radical (unpaired) electrons. The number of aromatic carboxylic acids is 1. The van der Waals surface area contributed by atoms with E-state index in [1.165, 1.54) is 18.3 Å². The van der Waals surface area contributed by atoms with Gasteiger partial charge in [-0.3, -0.25) is 4.72 Å². The lowest BCUT2D eigenvalue weighted by Crippen LogP contribution is -2.12. The molecule has 3 rings (SSSR count). The molecule has 0 saturated heterocycles. The van der Waals surface area contributed by atoms with Gasteiger partial charge in [-0.25, -0.2) is 18.2 Å². The maximum absolute atomic E-state index is 12.8. The number of carboxylic acids is 1. The van der Waals surface area contributed by atoms with E-state index in [0.29, 0.717) is 11.5 Å². The van der Waals surface area contributed by atoms with Gasteiger partial charge in [0.25, 0.3) is 10.0 Å². The first-order valence-electron chi connectivity index (χ1n) is 7.86. The number of hydrogen-bond acceptors (Lipinski definition) is 6. The second-order valence-electron chi connectivity index (χ2n) is 6.27. The lowest BCUT2D eigenvalue weighted by molar-refractivity contribution is 0.0701. The van der Waals surface area contributed by atoms with E-state index < -0.39 is 16.0 Å². The third-order valence-corrected chi connectivity index (χ3v) is 8.46. The van der Waals surface area contributed by atoms with Crippen molar-refractivity contribution >= 4 is 53.9 Å². The molecule has 3 aromatic rings. The zero-order valence-electron chi connectivity index (χ0n) is 14.7. The molecule has 0 bridgehead atoms. The van der Waals surface area contributed by atoms with Crippen molar-refractivity contribution in [3.05, 3.63) is 39.9 Å². The van der Waals surface area contributed by atoms with E-state index in [1.807, 2.05) is 18.2 Å². The number of carbonyl (C=O) groups is 1. The molecule has 1 aromatic carbocycles. The van der Waals surface area contributed by atoms with Gasteiger partial charge >= 0.3 is 5.97 Å². The third kappa shape index (κ3) is 3.34. The second kappa shape index (κ2) is 6.64. The molecule has 2 N–H and O–H groups in total. The number of hydrogen-bond donors (Lipinski definition) is 2. The summed E-state index contributed by atoms with van der Waals surface area (Å²) in [6.45, 7) is 7.50. The molecule has 0 spiro atoms. The van der Waals surface area contributed by atoms with Gasteiger partial charge in [0, 0.05) is 4.70 Å². The Kier molecular flexibility index (Phi) is 4.80. The van der Waals surface area contributed by atoms with Gasteiger partial charge in [-0.1, -0.05) is 31.3 Å². The molecular weight excluding hydrogens is 392 g/mol. The molecule has 0 saturated carbocycles. The molecule has 0 fully saturated rings. The molecule has 0 aliphatic heterocycles. The van der Waals surface area contributed by atoms with Gasteiger partial charge < -0.3 is 5.11 Å². The fourth-order valence-electron chi connectivity index (χ4n) is 2.63. The van der Waals surface area contributed by atoms with Crippen LogP contribution >= 0.6 is 22.7 Å². The van der Waals surface area contributed by atoms with Crippen LogP contribution in [0.15, 0.2) is 22.4 Å². The van der Waals surface area contributed by atoms with Crippen molar-refractivity contribution in [2.75, 3.05) is 4.72 Å². The van der Waals surface area contributed by atoms with E-state index >= 15 is 0 Å². The summed E-state index contributed by atoms with van der Waals surface area (Å²) in [6.07, 6.45) is 0. The van der Waals surface area contributed by atoms with Crippen LogP contribution in [0.3, 0.4) is 0 Å². The number of aromatic nitrogens is 1. The highest BCUT2D eigenvalue weighted by atomic mass is 32.2. The fourth-order valence-corrected chi connectivity index (χ4v) is 6.42.